The smallest absolute Gasteiger partial charge is 0.337 e. The van der Waals surface area contributed by atoms with E-state index in [1.54, 1.807) is 24.3 Å². The zero-order chi connectivity index (χ0) is 22.4. The first-order valence-corrected chi connectivity index (χ1v) is 9.58. The zero-order valence-electron chi connectivity index (χ0n) is 17.6. The van der Waals surface area contributed by atoms with E-state index in [9.17, 15) is 9.59 Å². The minimum Gasteiger partial charge on any atom is -0.465 e. The largest absolute Gasteiger partial charge is 0.465 e. The molecule has 0 saturated carbocycles. The molecule has 5 nitrogen and oxygen atoms in total. The number of carbonyl (C=O) groups excluding carboxylic acids is 2. The Labute approximate surface area is 178 Å². The molecule has 3 aromatic rings. The molecule has 0 saturated heterocycles. The van der Waals surface area contributed by atoms with Crippen LogP contribution in [-0.2, 0) is 4.74 Å². The summed E-state index contributed by atoms with van der Waals surface area (Å²) in [5, 5.41) is 6.18. The molecule has 2 N–H and O–H groups in total. The zero-order valence-corrected chi connectivity index (χ0v) is 17.6. The van der Waals surface area contributed by atoms with Crippen molar-refractivity contribution in [3.8, 4) is 0 Å². The number of anilines is 3. The van der Waals surface area contributed by atoms with Crippen LogP contribution in [0.25, 0.3) is 0 Å². The summed E-state index contributed by atoms with van der Waals surface area (Å²) in [5.74, 6) is -0.696. The quantitative estimate of drug-likeness (QED) is 0.387. The van der Waals surface area contributed by atoms with E-state index in [1.807, 2.05) is 68.4 Å². The number of para-hydroxylation sites is 3. The highest BCUT2D eigenvalue weighted by atomic mass is 16.5. The molecular formula is C25H28N2O3. The predicted molar refractivity (Wildman–Crippen MR) is 125 cm³/mol. The molecule has 0 atom stereocenters. The van der Waals surface area contributed by atoms with E-state index in [0.717, 1.165) is 11.4 Å². The van der Waals surface area contributed by atoms with Crippen molar-refractivity contribution < 1.29 is 14.3 Å². The Morgan fingerprint density at radius 3 is 1.80 bits per heavy atom. The maximum absolute atomic E-state index is 12.5. The van der Waals surface area contributed by atoms with Gasteiger partial charge >= 0.3 is 5.97 Å². The van der Waals surface area contributed by atoms with Crippen LogP contribution in [0.3, 0.4) is 0 Å². The summed E-state index contributed by atoms with van der Waals surface area (Å²) in [6, 6.07) is 23.5. The number of hydrogen-bond acceptors (Lipinski definition) is 4. The van der Waals surface area contributed by atoms with Crippen LogP contribution in [0.4, 0.5) is 17.1 Å². The standard InChI is InChI=1S/C21H18N2O3.C2H6.C2H4/c1-26-21(25)16-13-11-15(12-14-16)20(24)23-19-10-6-5-9-18(19)22-17-7-3-2-4-8-17;2*1-2/h2-14,22H,1H3,(H,23,24);1-2H3;1-2H2. The van der Waals surface area contributed by atoms with E-state index < -0.39 is 5.97 Å². The minimum absolute atomic E-state index is 0.260. The van der Waals surface area contributed by atoms with Crippen LogP contribution < -0.4 is 10.6 Å². The first kappa shape index (κ1) is 24.2. The number of esters is 1. The lowest BCUT2D eigenvalue weighted by atomic mass is 10.1. The number of ether oxygens (including phenoxy) is 1. The number of carbonyl (C=O) groups is 2. The molecule has 0 aliphatic carbocycles. The third kappa shape index (κ3) is 6.95. The van der Waals surface area contributed by atoms with Crippen molar-refractivity contribution >= 4 is 28.9 Å². The average Bonchev–Trinajstić information content (AvgIpc) is 2.83. The Bertz CT molecular complexity index is 923. The highest BCUT2D eigenvalue weighted by Gasteiger charge is 2.11. The molecular weight excluding hydrogens is 376 g/mol. The van der Waals surface area contributed by atoms with Crippen molar-refractivity contribution in [3.05, 3.63) is 103 Å². The number of amides is 1. The first-order valence-electron chi connectivity index (χ1n) is 9.58. The molecule has 0 aliphatic rings. The molecule has 5 heteroatoms. The second kappa shape index (κ2) is 13.3. The van der Waals surface area contributed by atoms with Gasteiger partial charge in [0.05, 0.1) is 24.0 Å². The maximum Gasteiger partial charge on any atom is 0.337 e. The van der Waals surface area contributed by atoms with Crippen molar-refractivity contribution in [1.29, 1.82) is 0 Å². The molecule has 30 heavy (non-hydrogen) atoms. The summed E-state index contributed by atoms with van der Waals surface area (Å²) in [6.07, 6.45) is 0. The summed E-state index contributed by atoms with van der Waals surface area (Å²) in [7, 11) is 1.32. The van der Waals surface area contributed by atoms with Crippen molar-refractivity contribution in [1.82, 2.24) is 0 Å². The van der Waals surface area contributed by atoms with Crippen LogP contribution in [0.5, 0.6) is 0 Å². The van der Waals surface area contributed by atoms with Gasteiger partial charge in [-0.2, -0.15) is 0 Å². The second-order valence-electron chi connectivity index (χ2n) is 5.56. The molecule has 3 aromatic carbocycles. The lowest BCUT2D eigenvalue weighted by Gasteiger charge is -2.13. The van der Waals surface area contributed by atoms with Crippen molar-refractivity contribution in [3.63, 3.8) is 0 Å². The number of benzene rings is 3. The van der Waals surface area contributed by atoms with Gasteiger partial charge in [-0.05, 0) is 48.5 Å². The fraction of sp³-hybridized carbons (Fsp3) is 0.120. The van der Waals surface area contributed by atoms with Gasteiger partial charge in [0.25, 0.3) is 5.91 Å². The summed E-state index contributed by atoms with van der Waals surface area (Å²) >= 11 is 0. The van der Waals surface area contributed by atoms with Gasteiger partial charge < -0.3 is 15.4 Å². The molecule has 0 aromatic heterocycles. The maximum atomic E-state index is 12.5. The van der Waals surface area contributed by atoms with E-state index in [1.165, 1.54) is 7.11 Å². The first-order chi connectivity index (χ1) is 14.7. The number of hydrogen-bond donors (Lipinski definition) is 2. The van der Waals surface area contributed by atoms with Crippen LogP contribution in [0.15, 0.2) is 92.0 Å². The molecule has 3 rings (SSSR count). The van der Waals surface area contributed by atoms with Gasteiger partial charge in [-0.3, -0.25) is 4.79 Å². The molecule has 0 heterocycles. The van der Waals surface area contributed by atoms with Crippen LogP contribution in [0.2, 0.25) is 0 Å². The van der Waals surface area contributed by atoms with Crippen LogP contribution in [-0.4, -0.2) is 19.0 Å². The highest BCUT2D eigenvalue weighted by molar-refractivity contribution is 6.06. The van der Waals surface area contributed by atoms with Gasteiger partial charge in [-0.25, -0.2) is 4.79 Å². The minimum atomic E-state index is -0.436. The van der Waals surface area contributed by atoms with Crippen molar-refractivity contribution in [2.24, 2.45) is 0 Å². The molecule has 0 spiro atoms. The highest BCUT2D eigenvalue weighted by Crippen LogP contribution is 2.25. The number of nitrogens with one attached hydrogen (secondary N) is 2. The molecule has 0 fully saturated rings. The van der Waals surface area contributed by atoms with Gasteiger partial charge in [-0.15, -0.1) is 13.2 Å². The Morgan fingerprint density at radius 1 is 0.733 bits per heavy atom. The Morgan fingerprint density at radius 2 is 1.23 bits per heavy atom. The van der Waals surface area contributed by atoms with Crippen LogP contribution in [0.1, 0.15) is 34.6 Å². The lowest BCUT2D eigenvalue weighted by Crippen LogP contribution is -2.13. The van der Waals surface area contributed by atoms with Gasteiger partial charge in [0.15, 0.2) is 0 Å². The van der Waals surface area contributed by atoms with Gasteiger partial charge in [-0.1, -0.05) is 44.2 Å². The third-order valence-electron chi connectivity index (χ3n) is 3.80. The third-order valence-corrected chi connectivity index (χ3v) is 3.80. The summed E-state index contributed by atoms with van der Waals surface area (Å²) in [5.41, 5.74) is 3.23. The number of rotatable bonds is 5. The lowest BCUT2D eigenvalue weighted by molar-refractivity contribution is 0.0600. The molecule has 1 amide bonds. The summed E-state index contributed by atoms with van der Waals surface area (Å²) in [6.45, 7) is 10.0. The van der Waals surface area contributed by atoms with E-state index in [-0.39, 0.29) is 5.91 Å². The molecule has 0 unspecified atom stereocenters. The Hall–Kier alpha value is -3.86. The Balaban J connectivity index is 0.00000106. The second-order valence-corrected chi connectivity index (χ2v) is 5.56. The van der Waals surface area contributed by atoms with E-state index in [2.05, 4.69) is 28.5 Å². The Kier molecular flexibility index (Phi) is 10.8. The summed E-state index contributed by atoms with van der Waals surface area (Å²) < 4.78 is 4.66. The van der Waals surface area contributed by atoms with Crippen LogP contribution >= 0.6 is 0 Å². The molecule has 0 aliphatic heterocycles. The molecule has 0 radical (unpaired) electrons. The topological polar surface area (TPSA) is 67.4 Å². The van der Waals surface area contributed by atoms with Gasteiger partial charge in [0, 0.05) is 11.3 Å². The van der Waals surface area contributed by atoms with E-state index in [4.69, 9.17) is 0 Å². The monoisotopic (exact) mass is 404 g/mol. The predicted octanol–water partition coefficient (Wildman–Crippen LogP) is 6.30. The van der Waals surface area contributed by atoms with Gasteiger partial charge in [0.2, 0.25) is 0 Å². The van der Waals surface area contributed by atoms with Gasteiger partial charge in [0.1, 0.15) is 0 Å². The molecule has 156 valence electrons. The normalized spacial score (nSPS) is 9.03. The summed E-state index contributed by atoms with van der Waals surface area (Å²) in [4.78, 5) is 24.0. The van der Waals surface area contributed by atoms with E-state index in [0.29, 0.717) is 16.8 Å². The number of methoxy groups -OCH3 is 1. The molecule has 0 bridgehead atoms. The van der Waals surface area contributed by atoms with Crippen LogP contribution in [0, 0.1) is 0 Å². The SMILES string of the molecule is C=C.CC.COC(=O)c1ccc(C(=O)Nc2ccccc2Nc2ccccc2)cc1. The van der Waals surface area contributed by atoms with Crippen molar-refractivity contribution in [2.75, 3.05) is 17.7 Å². The fourth-order valence-corrected chi connectivity index (χ4v) is 2.45. The average molecular weight is 405 g/mol. The fourth-order valence-electron chi connectivity index (χ4n) is 2.45. The van der Waals surface area contributed by atoms with Crippen molar-refractivity contribution in [2.45, 2.75) is 13.8 Å². The van der Waals surface area contributed by atoms with E-state index >= 15 is 0 Å².